The summed E-state index contributed by atoms with van der Waals surface area (Å²) in [5.41, 5.74) is 6.03. The number of nitro benzene ring substituents is 1. The largest absolute Gasteiger partial charge is 0.397 e. The summed E-state index contributed by atoms with van der Waals surface area (Å²) < 4.78 is 0. The molecular formula is C12H7Cl3N2O2S. The normalized spacial score (nSPS) is 10.6. The van der Waals surface area contributed by atoms with Gasteiger partial charge in [0.05, 0.1) is 30.4 Å². The second-order valence-electron chi connectivity index (χ2n) is 3.74. The Kier molecular flexibility index (Phi) is 4.65. The van der Waals surface area contributed by atoms with Gasteiger partial charge in [-0.1, -0.05) is 46.6 Å². The maximum Gasteiger partial charge on any atom is 0.284 e. The zero-order chi connectivity index (χ0) is 14.9. The minimum atomic E-state index is -0.511. The number of nitrogen functional groups attached to an aromatic ring is 1. The second kappa shape index (κ2) is 6.10. The van der Waals surface area contributed by atoms with Crippen LogP contribution in [0.2, 0.25) is 15.1 Å². The van der Waals surface area contributed by atoms with Crippen LogP contribution in [-0.4, -0.2) is 4.92 Å². The highest BCUT2D eigenvalue weighted by molar-refractivity contribution is 7.99. The number of hydrogen-bond donors (Lipinski definition) is 1. The molecule has 2 aromatic carbocycles. The Morgan fingerprint density at radius 1 is 1.10 bits per heavy atom. The first kappa shape index (κ1) is 15.3. The molecule has 0 amide bonds. The van der Waals surface area contributed by atoms with E-state index >= 15 is 0 Å². The van der Waals surface area contributed by atoms with Crippen molar-refractivity contribution in [2.75, 3.05) is 5.73 Å². The molecule has 0 aromatic heterocycles. The lowest BCUT2D eigenvalue weighted by molar-refractivity contribution is -0.387. The van der Waals surface area contributed by atoms with E-state index in [1.54, 1.807) is 24.3 Å². The molecule has 104 valence electrons. The molecule has 2 rings (SSSR count). The SMILES string of the molecule is Nc1c(Cl)ccc(Cl)c1Sc1ccc(Cl)cc1[N+](=O)[O-]. The molecule has 0 aliphatic rings. The van der Waals surface area contributed by atoms with Crippen molar-refractivity contribution >= 4 is 57.9 Å². The van der Waals surface area contributed by atoms with Crippen molar-refractivity contribution in [2.45, 2.75) is 9.79 Å². The van der Waals surface area contributed by atoms with Crippen molar-refractivity contribution < 1.29 is 4.92 Å². The van der Waals surface area contributed by atoms with Crippen LogP contribution in [-0.2, 0) is 0 Å². The van der Waals surface area contributed by atoms with Crippen LogP contribution < -0.4 is 5.73 Å². The maximum absolute atomic E-state index is 11.0. The lowest BCUT2D eigenvalue weighted by Gasteiger charge is -2.09. The van der Waals surface area contributed by atoms with Crippen LogP contribution in [0.3, 0.4) is 0 Å². The fourth-order valence-electron chi connectivity index (χ4n) is 1.48. The van der Waals surface area contributed by atoms with Gasteiger partial charge < -0.3 is 5.73 Å². The van der Waals surface area contributed by atoms with Crippen molar-refractivity contribution in [3.8, 4) is 0 Å². The molecule has 0 atom stereocenters. The molecule has 0 bridgehead atoms. The van der Waals surface area contributed by atoms with Gasteiger partial charge in [0.25, 0.3) is 5.69 Å². The predicted molar refractivity (Wildman–Crippen MR) is 83.1 cm³/mol. The first-order valence-corrected chi connectivity index (χ1v) is 7.20. The molecule has 2 N–H and O–H groups in total. The molecule has 4 nitrogen and oxygen atoms in total. The van der Waals surface area contributed by atoms with E-state index in [0.29, 0.717) is 19.8 Å². The fraction of sp³-hybridized carbons (Fsp3) is 0. The Hall–Kier alpha value is -1.14. The number of nitrogens with zero attached hydrogens (tertiary/aromatic N) is 1. The van der Waals surface area contributed by atoms with Crippen molar-refractivity contribution in [1.29, 1.82) is 0 Å². The minimum Gasteiger partial charge on any atom is -0.397 e. The molecule has 0 aliphatic heterocycles. The first-order valence-electron chi connectivity index (χ1n) is 5.25. The number of nitrogens with two attached hydrogens (primary N) is 1. The summed E-state index contributed by atoms with van der Waals surface area (Å²) in [7, 11) is 0. The van der Waals surface area contributed by atoms with Crippen LogP contribution in [0.25, 0.3) is 0 Å². The fourth-order valence-corrected chi connectivity index (χ4v) is 3.12. The molecular weight excluding hydrogens is 343 g/mol. The highest BCUT2D eigenvalue weighted by Gasteiger charge is 2.18. The molecule has 0 spiro atoms. The molecule has 20 heavy (non-hydrogen) atoms. The van der Waals surface area contributed by atoms with Gasteiger partial charge in [-0.25, -0.2) is 0 Å². The Morgan fingerprint density at radius 2 is 1.75 bits per heavy atom. The summed E-state index contributed by atoms with van der Waals surface area (Å²) in [6.07, 6.45) is 0. The van der Waals surface area contributed by atoms with Crippen LogP contribution in [0.1, 0.15) is 0 Å². The molecule has 0 saturated heterocycles. The highest BCUT2D eigenvalue weighted by Crippen LogP contribution is 2.44. The van der Waals surface area contributed by atoms with E-state index in [1.165, 1.54) is 6.07 Å². The van der Waals surface area contributed by atoms with E-state index in [2.05, 4.69) is 0 Å². The summed E-state index contributed by atoms with van der Waals surface area (Å²) in [4.78, 5) is 11.4. The highest BCUT2D eigenvalue weighted by atomic mass is 35.5. The van der Waals surface area contributed by atoms with Gasteiger partial charge in [-0.15, -0.1) is 0 Å². The monoisotopic (exact) mass is 348 g/mol. The van der Waals surface area contributed by atoms with Gasteiger partial charge >= 0.3 is 0 Å². The van der Waals surface area contributed by atoms with E-state index in [1.807, 2.05) is 0 Å². The number of hydrogen-bond acceptors (Lipinski definition) is 4. The Balaban J connectivity index is 2.51. The third-order valence-corrected chi connectivity index (χ3v) is 4.63. The van der Waals surface area contributed by atoms with Crippen molar-refractivity contribution in [3.63, 3.8) is 0 Å². The van der Waals surface area contributed by atoms with Gasteiger partial charge in [0.2, 0.25) is 0 Å². The van der Waals surface area contributed by atoms with Crippen molar-refractivity contribution in [3.05, 3.63) is 55.5 Å². The van der Waals surface area contributed by atoms with Crippen LogP contribution in [0.5, 0.6) is 0 Å². The summed E-state index contributed by atoms with van der Waals surface area (Å²) in [6.45, 7) is 0. The van der Waals surface area contributed by atoms with Gasteiger partial charge in [-0.3, -0.25) is 10.1 Å². The van der Waals surface area contributed by atoms with Gasteiger partial charge in [0.1, 0.15) is 0 Å². The Labute approximate surface area is 134 Å². The molecule has 0 heterocycles. The third kappa shape index (κ3) is 3.12. The van der Waals surface area contributed by atoms with Crippen molar-refractivity contribution in [1.82, 2.24) is 0 Å². The first-order chi connectivity index (χ1) is 9.40. The zero-order valence-electron chi connectivity index (χ0n) is 9.77. The Bertz CT molecular complexity index is 695. The average Bonchev–Trinajstić information content (AvgIpc) is 2.40. The van der Waals surface area contributed by atoms with E-state index in [0.717, 1.165) is 11.8 Å². The number of halogens is 3. The molecule has 8 heteroatoms. The van der Waals surface area contributed by atoms with Crippen LogP contribution in [0.15, 0.2) is 40.1 Å². The number of benzene rings is 2. The van der Waals surface area contributed by atoms with E-state index in [4.69, 9.17) is 40.5 Å². The van der Waals surface area contributed by atoms with E-state index in [-0.39, 0.29) is 16.4 Å². The predicted octanol–water partition coefficient (Wildman–Crippen LogP) is 5.29. The van der Waals surface area contributed by atoms with Gasteiger partial charge in [-0.05, 0) is 24.3 Å². The topological polar surface area (TPSA) is 69.2 Å². The third-order valence-electron chi connectivity index (χ3n) is 2.42. The average molecular weight is 350 g/mol. The lowest BCUT2D eigenvalue weighted by Crippen LogP contribution is -1.94. The Morgan fingerprint density at radius 3 is 2.40 bits per heavy atom. The zero-order valence-corrected chi connectivity index (χ0v) is 12.9. The standard InChI is InChI=1S/C12H7Cl3N2O2S/c13-6-1-4-10(9(5-6)17(18)19)20-12-8(15)3-2-7(14)11(12)16/h1-5H,16H2. The number of rotatable bonds is 3. The smallest absolute Gasteiger partial charge is 0.284 e. The van der Waals surface area contributed by atoms with E-state index in [9.17, 15) is 10.1 Å². The molecule has 0 fully saturated rings. The van der Waals surface area contributed by atoms with E-state index < -0.39 is 4.92 Å². The van der Waals surface area contributed by atoms with Crippen LogP contribution in [0.4, 0.5) is 11.4 Å². The summed E-state index contributed by atoms with van der Waals surface area (Å²) in [5, 5.41) is 12.0. The summed E-state index contributed by atoms with van der Waals surface area (Å²) in [6, 6.07) is 7.54. The molecule has 0 radical (unpaired) electrons. The minimum absolute atomic E-state index is 0.113. The summed E-state index contributed by atoms with van der Waals surface area (Å²) >= 11 is 18.8. The lowest BCUT2D eigenvalue weighted by atomic mass is 10.3. The molecule has 0 unspecified atom stereocenters. The second-order valence-corrected chi connectivity index (χ2v) is 6.05. The molecule has 2 aromatic rings. The summed E-state index contributed by atoms with van der Waals surface area (Å²) in [5.74, 6) is 0. The van der Waals surface area contributed by atoms with Crippen LogP contribution in [0, 0.1) is 10.1 Å². The van der Waals surface area contributed by atoms with Gasteiger partial charge in [0, 0.05) is 11.1 Å². The van der Waals surface area contributed by atoms with Crippen LogP contribution >= 0.6 is 46.6 Å². The maximum atomic E-state index is 11.0. The number of nitro groups is 1. The van der Waals surface area contributed by atoms with Gasteiger partial charge in [0.15, 0.2) is 0 Å². The van der Waals surface area contributed by atoms with Gasteiger partial charge in [-0.2, -0.15) is 0 Å². The quantitative estimate of drug-likeness (QED) is 0.464. The molecule has 0 aliphatic carbocycles. The molecule has 0 saturated carbocycles. The van der Waals surface area contributed by atoms with Crippen molar-refractivity contribution in [2.24, 2.45) is 0 Å². The number of anilines is 1.